The number of hydrogen-bond donors (Lipinski definition) is 0. The maximum Gasteiger partial charge on any atom is 0.284 e. The number of rotatable bonds is 4. The maximum atomic E-state index is 12.6. The topological polar surface area (TPSA) is 66.8 Å². The van der Waals surface area contributed by atoms with Gasteiger partial charge in [0.15, 0.2) is 5.17 Å². The molecule has 0 spiro atoms. The molecule has 5 nitrogen and oxygen atoms in total. The van der Waals surface area contributed by atoms with Crippen LogP contribution in [-0.4, -0.2) is 30.9 Å². The van der Waals surface area contributed by atoms with Gasteiger partial charge in [0.1, 0.15) is 0 Å². The molecule has 0 bridgehead atoms. The van der Waals surface area contributed by atoms with Crippen molar-refractivity contribution in [2.75, 3.05) is 6.54 Å². The third-order valence-electron chi connectivity index (χ3n) is 3.68. The zero-order valence-electron chi connectivity index (χ0n) is 14.1. The molecule has 1 fully saturated rings. The predicted octanol–water partition coefficient (Wildman–Crippen LogP) is 4.78. The Balaban J connectivity index is 1.95. The molecule has 1 aliphatic heterocycles. The number of hydrogen-bond acceptors (Lipinski definition) is 4. The fourth-order valence-corrected chi connectivity index (χ4v) is 4.96. The molecule has 1 amide bonds. The molecule has 27 heavy (non-hydrogen) atoms. The van der Waals surface area contributed by atoms with Crippen molar-refractivity contribution in [3.05, 3.63) is 68.5 Å². The number of likely N-dealkylation sites (N-methyl/N-ethyl adjacent to an activating group) is 1. The number of sulfonamides is 1. The van der Waals surface area contributed by atoms with E-state index in [9.17, 15) is 13.2 Å². The van der Waals surface area contributed by atoms with Crippen LogP contribution < -0.4 is 0 Å². The molecule has 1 heterocycles. The van der Waals surface area contributed by atoms with E-state index in [2.05, 4.69) is 20.3 Å². The second-order valence-corrected chi connectivity index (χ2v) is 9.48. The van der Waals surface area contributed by atoms with Gasteiger partial charge in [-0.25, -0.2) is 0 Å². The van der Waals surface area contributed by atoms with Gasteiger partial charge in [0.05, 0.1) is 9.80 Å². The van der Waals surface area contributed by atoms with E-state index in [4.69, 9.17) is 11.6 Å². The zero-order valence-corrected chi connectivity index (χ0v) is 18.1. The number of halogens is 2. The van der Waals surface area contributed by atoms with E-state index >= 15 is 0 Å². The summed E-state index contributed by atoms with van der Waals surface area (Å²) in [5, 5.41) is 0.572. The molecule has 0 N–H and O–H groups in total. The molecule has 9 heteroatoms. The van der Waals surface area contributed by atoms with Crippen LogP contribution in [0.2, 0.25) is 5.02 Å². The summed E-state index contributed by atoms with van der Waals surface area (Å²) in [6.07, 6.45) is 1.72. The molecule has 0 radical (unpaired) electrons. The van der Waals surface area contributed by atoms with Crippen LogP contribution in [0.5, 0.6) is 0 Å². The lowest BCUT2D eigenvalue weighted by Gasteiger charge is -2.11. The molecule has 140 valence electrons. The fourth-order valence-electron chi connectivity index (χ4n) is 2.33. The van der Waals surface area contributed by atoms with Crippen LogP contribution in [0.4, 0.5) is 0 Å². The Morgan fingerprint density at radius 1 is 1.15 bits per heavy atom. The second kappa shape index (κ2) is 8.18. The number of nitrogens with zero attached hydrogens (tertiary/aromatic N) is 2. The molecule has 1 aliphatic rings. The first-order valence-electron chi connectivity index (χ1n) is 7.87. The van der Waals surface area contributed by atoms with Gasteiger partial charge in [0.25, 0.3) is 15.9 Å². The highest BCUT2D eigenvalue weighted by atomic mass is 79.9. The molecule has 2 aromatic rings. The minimum absolute atomic E-state index is 0.0221. The van der Waals surface area contributed by atoms with E-state index in [0.29, 0.717) is 16.5 Å². The molecular formula is C18H14BrClN2O3S2. The Morgan fingerprint density at radius 2 is 1.78 bits per heavy atom. The number of thioether (sulfide) groups is 1. The first-order valence-corrected chi connectivity index (χ1v) is 11.3. The zero-order chi connectivity index (χ0) is 19.6. The second-order valence-electron chi connectivity index (χ2n) is 5.51. The van der Waals surface area contributed by atoms with Gasteiger partial charge in [-0.1, -0.05) is 39.7 Å². The Labute approximate surface area is 175 Å². The van der Waals surface area contributed by atoms with Crippen molar-refractivity contribution >= 4 is 66.5 Å². The average molecular weight is 486 g/mol. The quantitative estimate of drug-likeness (QED) is 0.584. The first-order chi connectivity index (χ1) is 12.8. The van der Waals surface area contributed by atoms with Gasteiger partial charge in [-0.05, 0) is 66.7 Å². The van der Waals surface area contributed by atoms with E-state index in [0.717, 1.165) is 21.8 Å². The van der Waals surface area contributed by atoms with Crippen molar-refractivity contribution in [3.63, 3.8) is 0 Å². The highest BCUT2D eigenvalue weighted by Crippen LogP contribution is 2.33. The summed E-state index contributed by atoms with van der Waals surface area (Å²) in [6.45, 7) is 2.09. The van der Waals surface area contributed by atoms with Gasteiger partial charge in [0.2, 0.25) is 0 Å². The van der Waals surface area contributed by atoms with Crippen LogP contribution in [0.25, 0.3) is 6.08 Å². The van der Waals surface area contributed by atoms with Crippen LogP contribution >= 0.6 is 39.3 Å². The van der Waals surface area contributed by atoms with E-state index in [1.54, 1.807) is 13.0 Å². The van der Waals surface area contributed by atoms with Crippen LogP contribution in [0.3, 0.4) is 0 Å². The van der Waals surface area contributed by atoms with Crippen LogP contribution in [0, 0.1) is 0 Å². The molecular weight excluding hydrogens is 472 g/mol. The summed E-state index contributed by atoms with van der Waals surface area (Å²) >= 11 is 10.2. The summed E-state index contributed by atoms with van der Waals surface area (Å²) in [6, 6.07) is 13.2. The van der Waals surface area contributed by atoms with Crippen molar-refractivity contribution in [1.82, 2.24) is 4.90 Å². The minimum Gasteiger partial charge on any atom is -0.286 e. The van der Waals surface area contributed by atoms with Crippen LogP contribution in [0.15, 0.2) is 67.2 Å². The number of carbonyl (C=O) groups is 1. The highest BCUT2D eigenvalue weighted by Gasteiger charge is 2.34. The Bertz CT molecular complexity index is 1030. The van der Waals surface area contributed by atoms with Gasteiger partial charge >= 0.3 is 0 Å². The largest absolute Gasteiger partial charge is 0.286 e. The van der Waals surface area contributed by atoms with Gasteiger partial charge in [-0.3, -0.25) is 9.69 Å². The summed E-state index contributed by atoms with van der Waals surface area (Å²) in [7, 11) is -3.95. The van der Waals surface area contributed by atoms with Gasteiger partial charge in [0, 0.05) is 16.0 Å². The molecule has 0 aliphatic carbocycles. The lowest BCUT2D eigenvalue weighted by atomic mass is 10.2. The van der Waals surface area contributed by atoms with Crippen LogP contribution in [0.1, 0.15) is 12.5 Å². The normalized spacial score (nSPS) is 17.9. The molecule has 1 saturated heterocycles. The van der Waals surface area contributed by atoms with Crippen molar-refractivity contribution in [1.29, 1.82) is 0 Å². The summed E-state index contributed by atoms with van der Waals surface area (Å²) in [5.41, 5.74) is 0.840. The van der Waals surface area contributed by atoms with Gasteiger partial charge < -0.3 is 0 Å². The molecule has 0 atom stereocenters. The minimum atomic E-state index is -3.95. The lowest BCUT2D eigenvalue weighted by Crippen LogP contribution is -2.29. The average Bonchev–Trinajstić information content (AvgIpc) is 2.91. The third kappa shape index (κ3) is 4.63. The smallest absolute Gasteiger partial charge is 0.284 e. The van der Waals surface area contributed by atoms with E-state index in [-0.39, 0.29) is 16.0 Å². The molecule has 0 saturated carbocycles. The Hall–Kier alpha value is -1.61. The number of carbonyl (C=O) groups excluding carboxylic acids is 1. The lowest BCUT2D eigenvalue weighted by molar-refractivity contribution is -0.122. The monoisotopic (exact) mass is 484 g/mol. The Morgan fingerprint density at radius 3 is 2.37 bits per heavy atom. The number of amidine groups is 1. The standard InChI is InChI=1S/C18H14BrClN2O3S2/c1-2-22-17(23)16(11-12-3-5-13(19)6-4-12)26-18(22)21-27(24,25)15-9-7-14(20)8-10-15/h3-11H,2H2,1H3/b16-11-,21-18?. The first kappa shape index (κ1) is 20.1. The van der Waals surface area contributed by atoms with E-state index in [1.807, 2.05) is 24.3 Å². The molecule has 3 rings (SSSR count). The maximum absolute atomic E-state index is 12.6. The van der Waals surface area contributed by atoms with Crippen LogP contribution in [-0.2, 0) is 14.8 Å². The van der Waals surface area contributed by atoms with Crippen molar-refractivity contribution in [2.24, 2.45) is 4.40 Å². The molecule has 0 unspecified atom stereocenters. The van der Waals surface area contributed by atoms with Gasteiger partial charge in [-0.15, -0.1) is 4.40 Å². The highest BCUT2D eigenvalue weighted by molar-refractivity contribution is 9.10. The number of benzene rings is 2. The molecule has 2 aromatic carbocycles. The summed E-state index contributed by atoms with van der Waals surface area (Å²) < 4.78 is 29.9. The van der Waals surface area contributed by atoms with Crippen molar-refractivity contribution < 1.29 is 13.2 Å². The number of amides is 1. The van der Waals surface area contributed by atoms with Crippen molar-refractivity contribution in [2.45, 2.75) is 11.8 Å². The summed E-state index contributed by atoms with van der Waals surface area (Å²) in [4.78, 5) is 14.4. The SMILES string of the molecule is CCN1C(=O)/C(=C/c2ccc(Br)cc2)SC1=NS(=O)(=O)c1ccc(Cl)cc1. The fraction of sp³-hybridized carbons (Fsp3) is 0.111. The van der Waals surface area contributed by atoms with E-state index in [1.165, 1.54) is 29.2 Å². The van der Waals surface area contributed by atoms with Gasteiger partial charge in [-0.2, -0.15) is 8.42 Å². The predicted molar refractivity (Wildman–Crippen MR) is 113 cm³/mol. The van der Waals surface area contributed by atoms with E-state index < -0.39 is 10.0 Å². The molecule has 0 aromatic heterocycles. The Kier molecular flexibility index (Phi) is 6.10. The van der Waals surface area contributed by atoms with Crippen molar-refractivity contribution in [3.8, 4) is 0 Å². The summed E-state index contributed by atoms with van der Waals surface area (Å²) in [5.74, 6) is -0.268. The third-order valence-corrected chi connectivity index (χ3v) is 6.87.